The zero-order valence-corrected chi connectivity index (χ0v) is 15.9. The van der Waals surface area contributed by atoms with Crippen LogP contribution in [0.1, 0.15) is 11.1 Å². The van der Waals surface area contributed by atoms with Crippen LogP contribution in [0.15, 0.2) is 46.8 Å². The lowest BCUT2D eigenvalue weighted by molar-refractivity contribution is -0.113. The molecule has 3 rings (SSSR count). The van der Waals surface area contributed by atoms with E-state index in [2.05, 4.69) is 26.9 Å². The number of rotatable bonds is 6. The molecule has 5 nitrogen and oxygen atoms in total. The van der Waals surface area contributed by atoms with Crippen LogP contribution < -0.4 is 10.6 Å². The van der Waals surface area contributed by atoms with E-state index in [4.69, 9.17) is 0 Å². The Hall–Kier alpha value is -2.45. The maximum atomic E-state index is 13.6. The Morgan fingerprint density at radius 2 is 1.88 bits per heavy atom. The summed E-state index contributed by atoms with van der Waals surface area (Å²) in [5.41, 5.74) is 3.32. The molecule has 0 radical (unpaired) electrons. The summed E-state index contributed by atoms with van der Waals surface area (Å²) in [7, 11) is 0. The number of anilines is 3. The third kappa shape index (κ3) is 5.03. The molecule has 3 aromatic rings. The fourth-order valence-corrected chi connectivity index (χ4v) is 3.93. The molecule has 0 aliphatic carbocycles. The van der Waals surface area contributed by atoms with Gasteiger partial charge in [0.15, 0.2) is 4.34 Å². The molecule has 1 aromatic heterocycles. The number of hydrogen-bond donors (Lipinski definition) is 2. The van der Waals surface area contributed by atoms with Gasteiger partial charge in [-0.25, -0.2) is 4.39 Å². The van der Waals surface area contributed by atoms with Crippen LogP contribution in [-0.2, 0) is 4.79 Å². The van der Waals surface area contributed by atoms with Gasteiger partial charge in [-0.2, -0.15) is 0 Å². The fraction of sp³-hybridized carbons (Fsp3) is 0.167. The van der Waals surface area contributed by atoms with E-state index < -0.39 is 0 Å². The number of carbonyl (C=O) groups excluding carboxylic acids is 1. The average molecular weight is 388 g/mol. The van der Waals surface area contributed by atoms with E-state index in [1.165, 1.54) is 29.2 Å². The van der Waals surface area contributed by atoms with Gasteiger partial charge in [-0.3, -0.25) is 4.79 Å². The van der Waals surface area contributed by atoms with Crippen molar-refractivity contribution in [2.24, 2.45) is 0 Å². The Morgan fingerprint density at radius 1 is 1.15 bits per heavy atom. The molecule has 26 heavy (non-hydrogen) atoms. The summed E-state index contributed by atoms with van der Waals surface area (Å²) in [6, 6.07) is 12.3. The molecule has 0 spiro atoms. The van der Waals surface area contributed by atoms with Gasteiger partial charge in [-0.05, 0) is 49.2 Å². The van der Waals surface area contributed by atoms with Crippen molar-refractivity contribution in [1.29, 1.82) is 0 Å². The van der Waals surface area contributed by atoms with Crippen LogP contribution in [0.3, 0.4) is 0 Å². The normalized spacial score (nSPS) is 10.6. The molecule has 2 N–H and O–H groups in total. The highest BCUT2D eigenvalue weighted by molar-refractivity contribution is 8.01. The smallest absolute Gasteiger partial charge is 0.234 e. The third-order valence-corrected chi connectivity index (χ3v) is 5.33. The van der Waals surface area contributed by atoms with Crippen molar-refractivity contribution in [2.45, 2.75) is 18.2 Å². The highest BCUT2D eigenvalue weighted by atomic mass is 32.2. The molecule has 2 aromatic carbocycles. The van der Waals surface area contributed by atoms with Crippen molar-refractivity contribution < 1.29 is 9.18 Å². The van der Waals surface area contributed by atoms with Crippen molar-refractivity contribution in [3.63, 3.8) is 0 Å². The number of nitrogens with one attached hydrogen (secondary N) is 2. The van der Waals surface area contributed by atoms with Gasteiger partial charge in [-0.15, -0.1) is 10.2 Å². The van der Waals surface area contributed by atoms with E-state index in [-0.39, 0.29) is 17.5 Å². The van der Waals surface area contributed by atoms with E-state index in [1.807, 2.05) is 26.0 Å². The molecule has 0 saturated heterocycles. The Bertz CT molecular complexity index is 909. The minimum atomic E-state index is -0.357. The number of halogens is 1. The van der Waals surface area contributed by atoms with E-state index in [0.717, 1.165) is 16.8 Å². The van der Waals surface area contributed by atoms with Crippen molar-refractivity contribution in [3.05, 3.63) is 59.4 Å². The van der Waals surface area contributed by atoms with Crippen LogP contribution in [0.25, 0.3) is 0 Å². The highest BCUT2D eigenvalue weighted by Gasteiger charge is 2.10. The van der Waals surface area contributed by atoms with E-state index in [0.29, 0.717) is 15.2 Å². The first kappa shape index (κ1) is 18.3. The summed E-state index contributed by atoms with van der Waals surface area (Å²) in [4.78, 5) is 12.1. The summed E-state index contributed by atoms with van der Waals surface area (Å²) < 4.78 is 14.3. The van der Waals surface area contributed by atoms with Crippen molar-refractivity contribution in [3.8, 4) is 0 Å². The van der Waals surface area contributed by atoms with E-state index >= 15 is 0 Å². The van der Waals surface area contributed by atoms with Crippen LogP contribution in [0.2, 0.25) is 0 Å². The molecular formula is C18H17FN4OS2. The summed E-state index contributed by atoms with van der Waals surface area (Å²) in [6.45, 7) is 3.98. The average Bonchev–Trinajstić information content (AvgIpc) is 3.02. The number of amides is 1. The molecular weight excluding hydrogens is 371 g/mol. The first-order valence-corrected chi connectivity index (χ1v) is 9.66. The summed E-state index contributed by atoms with van der Waals surface area (Å²) in [5.74, 6) is -0.245. The standard InChI is InChI=1S/C18H17FN4OS2/c1-11-7-12(2)9-13(8-11)20-16(24)10-25-18-23-22-17(26-18)21-15-6-4-3-5-14(15)19/h3-9H,10H2,1-2H3,(H,20,24)(H,21,22). The number of aromatic nitrogens is 2. The first-order chi connectivity index (χ1) is 12.5. The summed E-state index contributed by atoms with van der Waals surface area (Å²) in [6.07, 6.45) is 0. The molecule has 1 heterocycles. The lowest BCUT2D eigenvalue weighted by atomic mass is 10.1. The second-order valence-electron chi connectivity index (χ2n) is 5.69. The van der Waals surface area contributed by atoms with Crippen LogP contribution in [0.4, 0.5) is 20.9 Å². The number of hydrogen-bond acceptors (Lipinski definition) is 6. The maximum absolute atomic E-state index is 13.6. The minimum absolute atomic E-state index is 0.112. The fourth-order valence-electron chi connectivity index (χ4n) is 2.37. The zero-order valence-electron chi connectivity index (χ0n) is 14.2. The van der Waals surface area contributed by atoms with Gasteiger partial charge in [0, 0.05) is 5.69 Å². The largest absolute Gasteiger partial charge is 0.328 e. The van der Waals surface area contributed by atoms with Gasteiger partial charge in [0.1, 0.15) is 5.82 Å². The molecule has 0 saturated carbocycles. The number of aryl methyl sites for hydroxylation is 2. The quantitative estimate of drug-likeness (QED) is 0.596. The number of nitrogens with zero attached hydrogens (tertiary/aromatic N) is 2. The molecule has 8 heteroatoms. The van der Waals surface area contributed by atoms with Crippen LogP contribution >= 0.6 is 23.1 Å². The predicted molar refractivity (Wildman–Crippen MR) is 105 cm³/mol. The van der Waals surface area contributed by atoms with Crippen LogP contribution in [-0.4, -0.2) is 21.9 Å². The lowest BCUT2D eigenvalue weighted by Crippen LogP contribution is -2.14. The van der Waals surface area contributed by atoms with Crippen LogP contribution in [0.5, 0.6) is 0 Å². The van der Waals surface area contributed by atoms with Crippen molar-refractivity contribution in [1.82, 2.24) is 10.2 Å². The predicted octanol–water partition coefficient (Wildman–Crippen LogP) is 4.77. The molecule has 0 fully saturated rings. The van der Waals surface area contributed by atoms with Gasteiger partial charge >= 0.3 is 0 Å². The highest BCUT2D eigenvalue weighted by Crippen LogP contribution is 2.28. The Morgan fingerprint density at radius 3 is 2.62 bits per heavy atom. The molecule has 0 bridgehead atoms. The second-order valence-corrected chi connectivity index (χ2v) is 7.89. The first-order valence-electron chi connectivity index (χ1n) is 7.85. The van der Waals surface area contributed by atoms with Gasteiger partial charge in [0.25, 0.3) is 0 Å². The Kier molecular flexibility index (Phi) is 5.85. The van der Waals surface area contributed by atoms with Gasteiger partial charge in [0.2, 0.25) is 11.0 Å². The maximum Gasteiger partial charge on any atom is 0.234 e. The molecule has 0 aliphatic heterocycles. The minimum Gasteiger partial charge on any atom is -0.328 e. The van der Waals surface area contributed by atoms with Crippen LogP contribution in [0, 0.1) is 19.7 Å². The number of para-hydroxylation sites is 1. The zero-order chi connectivity index (χ0) is 18.5. The Labute approximate surface area is 159 Å². The summed E-state index contributed by atoms with van der Waals surface area (Å²) in [5, 5.41) is 14.2. The lowest BCUT2D eigenvalue weighted by Gasteiger charge is -2.06. The number of carbonyl (C=O) groups is 1. The molecule has 134 valence electrons. The van der Waals surface area contributed by atoms with Gasteiger partial charge < -0.3 is 10.6 Å². The molecule has 0 atom stereocenters. The topological polar surface area (TPSA) is 66.9 Å². The molecule has 0 unspecified atom stereocenters. The molecule has 0 aliphatic rings. The Balaban J connectivity index is 1.54. The van der Waals surface area contributed by atoms with E-state index in [1.54, 1.807) is 18.2 Å². The number of thioether (sulfide) groups is 1. The van der Waals surface area contributed by atoms with Crippen molar-refractivity contribution in [2.75, 3.05) is 16.4 Å². The SMILES string of the molecule is Cc1cc(C)cc(NC(=O)CSc2nnc(Nc3ccccc3F)s2)c1. The van der Waals surface area contributed by atoms with Crippen molar-refractivity contribution >= 4 is 45.5 Å². The van der Waals surface area contributed by atoms with E-state index in [9.17, 15) is 9.18 Å². The molecule has 1 amide bonds. The summed E-state index contributed by atoms with van der Waals surface area (Å²) >= 11 is 2.56. The third-order valence-electron chi connectivity index (χ3n) is 3.35. The monoisotopic (exact) mass is 388 g/mol. The number of benzene rings is 2. The van der Waals surface area contributed by atoms with Gasteiger partial charge in [0.05, 0.1) is 11.4 Å². The second kappa shape index (κ2) is 8.29. The van der Waals surface area contributed by atoms with Gasteiger partial charge in [-0.1, -0.05) is 41.3 Å².